The molecule has 0 atom stereocenters. The van der Waals surface area contributed by atoms with E-state index in [1.165, 1.54) is 31.5 Å². The normalized spacial score (nSPS) is 10.2. The first-order valence-corrected chi connectivity index (χ1v) is 5.56. The van der Waals surface area contributed by atoms with E-state index in [2.05, 4.69) is 9.97 Å². The summed E-state index contributed by atoms with van der Waals surface area (Å²) in [5, 5.41) is 0. The number of nitrogens with zero attached hydrogens (tertiary/aromatic N) is 2. The van der Waals surface area contributed by atoms with Gasteiger partial charge in [-0.3, -0.25) is 0 Å². The zero-order chi connectivity index (χ0) is 13.8. The van der Waals surface area contributed by atoms with E-state index in [1.54, 1.807) is 6.07 Å². The second kappa shape index (κ2) is 5.43. The molecule has 1 heterocycles. The van der Waals surface area contributed by atoms with Crippen molar-refractivity contribution in [3.8, 4) is 0 Å². The summed E-state index contributed by atoms with van der Waals surface area (Å²) in [5.41, 5.74) is 5.99. The molecule has 0 spiro atoms. The third-order valence-corrected chi connectivity index (χ3v) is 2.45. The minimum absolute atomic E-state index is 0.118. The van der Waals surface area contributed by atoms with Crippen LogP contribution in [0.15, 0.2) is 30.6 Å². The van der Waals surface area contributed by atoms with Gasteiger partial charge in [-0.1, -0.05) is 0 Å². The van der Waals surface area contributed by atoms with Crippen LogP contribution in [0.5, 0.6) is 0 Å². The van der Waals surface area contributed by atoms with E-state index in [9.17, 15) is 9.18 Å². The van der Waals surface area contributed by atoms with Gasteiger partial charge in [0.05, 0.1) is 5.56 Å². The van der Waals surface area contributed by atoms with Crippen molar-refractivity contribution in [1.82, 2.24) is 9.97 Å². The van der Waals surface area contributed by atoms with Crippen LogP contribution in [0.1, 0.15) is 21.7 Å². The van der Waals surface area contributed by atoms with Crippen molar-refractivity contribution in [3.63, 3.8) is 0 Å². The molecule has 1 aromatic carbocycles. The monoisotopic (exact) mass is 261 g/mol. The Morgan fingerprint density at radius 3 is 2.74 bits per heavy atom. The molecule has 0 fully saturated rings. The molecule has 0 unspecified atom stereocenters. The van der Waals surface area contributed by atoms with Gasteiger partial charge >= 0.3 is 5.97 Å². The van der Waals surface area contributed by atoms with Crippen LogP contribution >= 0.6 is 0 Å². The summed E-state index contributed by atoms with van der Waals surface area (Å²) in [6, 6.07) is 4.34. The number of hydrogen-bond donors (Lipinski definition) is 1. The van der Waals surface area contributed by atoms with Crippen molar-refractivity contribution in [2.75, 3.05) is 5.73 Å². The lowest BCUT2D eigenvalue weighted by molar-refractivity contribution is 0.0456. The predicted octanol–water partition coefficient (Wildman–Crippen LogP) is 1.86. The Hall–Kier alpha value is -2.50. The highest BCUT2D eigenvalue weighted by Crippen LogP contribution is 2.18. The molecule has 0 bridgehead atoms. The third-order valence-electron chi connectivity index (χ3n) is 2.45. The van der Waals surface area contributed by atoms with Crippen molar-refractivity contribution in [1.29, 1.82) is 0 Å². The van der Waals surface area contributed by atoms with Crippen molar-refractivity contribution in [2.24, 2.45) is 0 Å². The van der Waals surface area contributed by atoms with Gasteiger partial charge in [0.2, 0.25) is 0 Å². The second-order valence-electron chi connectivity index (χ2n) is 3.94. The zero-order valence-electron chi connectivity index (χ0n) is 10.3. The summed E-state index contributed by atoms with van der Waals surface area (Å²) < 4.78 is 18.7. The summed E-state index contributed by atoms with van der Waals surface area (Å²) >= 11 is 0. The minimum atomic E-state index is -0.791. The van der Waals surface area contributed by atoms with Gasteiger partial charge < -0.3 is 10.5 Å². The molecule has 19 heavy (non-hydrogen) atoms. The fourth-order valence-corrected chi connectivity index (χ4v) is 1.56. The highest BCUT2D eigenvalue weighted by molar-refractivity contribution is 5.91. The lowest BCUT2D eigenvalue weighted by Crippen LogP contribution is -2.10. The van der Waals surface area contributed by atoms with E-state index in [1.807, 2.05) is 0 Å². The maximum Gasteiger partial charge on any atom is 0.341 e. The molecule has 6 heteroatoms. The molecule has 2 rings (SSSR count). The predicted molar refractivity (Wildman–Crippen MR) is 66.7 cm³/mol. The zero-order valence-corrected chi connectivity index (χ0v) is 10.3. The molecule has 1 aromatic heterocycles. The number of benzene rings is 1. The molecule has 2 aromatic rings. The van der Waals surface area contributed by atoms with E-state index in [-0.39, 0.29) is 12.2 Å². The number of nitrogens with two attached hydrogens (primary N) is 1. The molecule has 0 radical (unpaired) electrons. The lowest BCUT2D eigenvalue weighted by atomic mass is 10.1. The number of nitrogen functional groups attached to an aromatic ring is 1. The fraction of sp³-hybridized carbons (Fsp3) is 0.154. The minimum Gasteiger partial charge on any atom is -0.454 e. The molecule has 0 aliphatic carbocycles. The molecule has 0 saturated carbocycles. The van der Waals surface area contributed by atoms with E-state index >= 15 is 0 Å². The smallest absolute Gasteiger partial charge is 0.341 e. The quantitative estimate of drug-likeness (QED) is 0.674. The van der Waals surface area contributed by atoms with E-state index in [0.717, 1.165) is 0 Å². The first-order valence-electron chi connectivity index (χ1n) is 5.56. The summed E-state index contributed by atoms with van der Waals surface area (Å²) in [6.07, 6.45) is 3.06. The summed E-state index contributed by atoms with van der Waals surface area (Å²) in [4.78, 5) is 19.6. The SMILES string of the molecule is Cc1cc(N)cc(C(=O)OCc2ncccn2)c1F. The van der Waals surface area contributed by atoms with Gasteiger partial charge in [-0.05, 0) is 30.7 Å². The molecule has 0 saturated heterocycles. The highest BCUT2D eigenvalue weighted by atomic mass is 19.1. The Balaban J connectivity index is 2.13. The Bertz CT molecular complexity index is 602. The van der Waals surface area contributed by atoms with Crippen molar-refractivity contribution >= 4 is 11.7 Å². The number of carbonyl (C=O) groups excluding carboxylic acids is 1. The van der Waals surface area contributed by atoms with E-state index in [0.29, 0.717) is 17.1 Å². The molecular weight excluding hydrogens is 249 g/mol. The van der Waals surface area contributed by atoms with Gasteiger partial charge in [0.15, 0.2) is 12.4 Å². The summed E-state index contributed by atoms with van der Waals surface area (Å²) in [7, 11) is 0. The van der Waals surface area contributed by atoms with Gasteiger partial charge in [-0.2, -0.15) is 0 Å². The number of hydrogen-bond acceptors (Lipinski definition) is 5. The highest BCUT2D eigenvalue weighted by Gasteiger charge is 2.16. The molecule has 0 aliphatic heterocycles. The summed E-state index contributed by atoms with van der Waals surface area (Å²) in [6.45, 7) is 1.41. The van der Waals surface area contributed by atoms with Crippen LogP contribution in [-0.4, -0.2) is 15.9 Å². The third kappa shape index (κ3) is 3.04. The second-order valence-corrected chi connectivity index (χ2v) is 3.94. The number of carbonyl (C=O) groups is 1. The first-order chi connectivity index (χ1) is 9.08. The number of halogens is 1. The standard InChI is InChI=1S/C13H12FN3O2/c1-8-5-9(15)6-10(12(8)14)13(18)19-7-11-16-3-2-4-17-11/h2-6H,7,15H2,1H3. The van der Waals surface area contributed by atoms with Crippen LogP contribution in [0.4, 0.5) is 10.1 Å². The van der Waals surface area contributed by atoms with Gasteiger partial charge in [0.25, 0.3) is 0 Å². The molecular formula is C13H12FN3O2. The number of aromatic nitrogens is 2. The number of aryl methyl sites for hydroxylation is 1. The average Bonchev–Trinajstić information content (AvgIpc) is 2.41. The Morgan fingerprint density at radius 2 is 2.05 bits per heavy atom. The van der Waals surface area contributed by atoms with Crippen LogP contribution in [0.3, 0.4) is 0 Å². The number of anilines is 1. The molecule has 98 valence electrons. The molecule has 5 nitrogen and oxygen atoms in total. The van der Waals surface area contributed by atoms with Crippen LogP contribution in [0.25, 0.3) is 0 Å². The maximum absolute atomic E-state index is 13.8. The number of rotatable bonds is 3. The van der Waals surface area contributed by atoms with Gasteiger partial charge in [-0.25, -0.2) is 19.2 Å². The Labute approximate surface area is 109 Å². The Kier molecular flexibility index (Phi) is 3.70. The van der Waals surface area contributed by atoms with E-state index in [4.69, 9.17) is 10.5 Å². The topological polar surface area (TPSA) is 78.1 Å². The number of ether oxygens (including phenoxy) is 1. The largest absolute Gasteiger partial charge is 0.454 e. The van der Waals surface area contributed by atoms with Crippen molar-refractivity contribution in [3.05, 3.63) is 53.4 Å². The van der Waals surface area contributed by atoms with Gasteiger partial charge in [-0.15, -0.1) is 0 Å². The van der Waals surface area contributed by atoms with E-state index < -0.39 is 11.8 Å². The van der Waals surface area contributed by atoms with Gasteiger partial charge in [0.1, 0.15) is 5.82 Å². The van der Waals surface area contributed by atoms with Crippen molar-refractivity contribution in [2.45, 2.75) is 13.5 Å². The molecule has 0 amide bonds. The molecule has 0 aliphatic rings. The van der Waals surface area contributed by atoms with Crippen LogP contribution < -0.4 is 5.73 Å². The average molecular weight is 261 g/mol. The van der Waals surface area contributed by atoms with Crippen molar-refractivity contribution < 1.29 is 13.9 Å². The van der Waals surface area contributed by atoms with Crippen LogP contribution in [-0.2, 0) is 11.3 Å². The first kappa shape index (κ1) is 12.9. The Morgan fingerprint density at radius 1 is 1.37 bits per heavy atom. The summed E-state index contributed by atoms with van der Waals surface area (Å²) in [5.74, 6) is -1.08. The van der Waals surface area contributed by atoms with Crippen LogP contribution in [0.2, 0.25) is 0 Å². The number of esters is 1. The lowest BCUT2D eigenvalue weighted by Gasteiger charge is -2.07. The van der Waals surface area contributed by atoms with Gasteiger partial charge in [0, 0.05) is 18.1 Å². The molecule has 2 N–H and O–H groups in total. The fourth-order valence-electron chi connectivity index (χ4n) is 1.56. The maximum atomic E-state index is 13.8. The van der Waals surface area contributed by atoms with Crippen LogP contribution in [0, 0.1) is 12.7 Å².